The van der Waals surface area contributed by atoms with Gasteiger partial charge in [-0.05, 0) is 36.4 Å². The molecule has 0 aliphatic carbocycles. The van der Waals surface area contributed by atoms with Gasteiger partial charge in [-0.15, -0.1) is 11.8 Å². The molecule has 134 valence electrons. The molecule has 2 N–H and O–H groups in total. The number of carbonyl (C=O) groups is 3. The Morgan fingerprint density at radius 2 is 2.08 bits per heavy atom. The van der Waals surface area contributed by atoms with Crippen LogP contribution in [0.2, 0.25) is 5.02 Å². The van der Waals surface area contributed by atoms with Gasteiger partial charge in [0.05, 0.1) is 11.3 Å². The number of nitrogens with one attached hydrogen (secondary N) is 2. The third kappa shape index (κ3) is 4.77. The fourth-order valence-electron chi connectivity index (χ4n) is 2.32. The highest BCUT2D eigenvalue weighted by Crippen LogP contribution is 2.31. The van der Waals surface area contributed by atoms with Crippen molar-refractivity contribution in [2.75, 3.05) is 23.0 Å². The SMILES string of the molecule is O=C(COC(=O)c1ccc2c(c1)NC(=O)CCS2)Nc1cccc(Cl)c1. The number of benzene rings is 2. The van der Waals surface area contributed by atoms with Crippen LogP contribution < -0.4 is 10.6 Å². The van der Waals surface area contributed by atoms with Crippen LogP contribution in [0.4, 0.5) is 11.4 Å². The third-order valence-electron chi connectivity index (χ3n) is 3.52. The first-order valence-electron chi connectivity index (χ1n) is 7.80. The maximum absolute atomic E-state index is 12.2. The second-order valence-corrected chi connectivity index (χ2v) is 7.07. The molecule has 0 aromatic heterocycles. The summed E-state index contributed by atoms with van der Waals surface area (Å²) < 4.78 is 5.04. The third-order valence-corrected chi connectivity index (χ3v) is 4.83. The highest BCUT2D eigenvalue weighted by atomic mass is 35.5. The molecule has 26 heavy (non-hydrogen) atoms. The summed E-state index contributed by atoms with van der Waals surface area (Å²) in [4.78, 5) is 36.6. The lowest BCUT2D eigenvalue weighted by molar-refractivity contribution is -0.119. The van der Waals surface area contributed by atoms with E-state index >= 15 is 0 Å². The quantitative estimate of drug-likeness (QED) is 0.779. The van der Waals surface area contributed by atoms with Gasteiger partial charge in [-0.2, -0.15) is 0 Å². The smallest absolute Gasteiger partial charge is 0.338 e. The van der Waals surface area contributed by atoms with Crippen LogP contribution in [0.25, 0.3) is 0 Å². The molecule has 0 saturated heterocycles. The molecule has 6 nitrogen and oxygen atoms in total. The number of halogens is 1. The molecule has 0 bridgehead atoms. The number of fused-ring (bicyclic) bond motifs is 1. The van der Waals surface area contributed by atoms with Gasteiger partial charge in [-0.1, -0.05) is 17.7 Å². The molecule has 3 rings (SSSR count). The Bertz CT molecular complexity index is 872. The number of amides is 2. The first-order valence-corrected chi connectivity index (χ1v) is 9.17. The van der Waals surface area contributed by atoms with E-state index in [4.69, 9.17) is 16.3 Å². The lowest BCUT2D eigenvalue weighted by atomic mass is 10.2. The monoisotopic (exact) mass is 390 g/mol. The standard InChI is InChI=1S/C18H15ClN2O4S/c19-12-2-1-3-13(9-12)20-17(23)10-25-18(24)11-4-5-15-14(8-11)21-16(22)6-7-26-15/h1-5,8-9H,6-7,10H2,(H,20,23)(H,21,22). The first kappa shape index (κ1) is 18.3. The Morgan fingerprint density at radius 1 is 1.23 bits per heavy atom. The van der Waals surface area contributed by atoms with Crippen molar-refractivity contribution >= 4 is 52.5 Å². The summed E-state index contributed by atoms with van der Waals surface area (Å²) in [7, 11) is 0. The van der Waals surface area contributed by atoms with Crippen LogP contribution in [-0.2, 0) is 14.3 Å². The molecule has 0 saturated carbocycles. The summed E-state index contributed by atoms with van der Waals surface area (Å²) in [5.41, 5.74) is 1.36. The molecule has 0 atom stereocenters. The average Bonchev–Trinajstić information content (AvgIpc) is 2.79. The van der Waals surface area contributed by atoms with Crippen molar-refractivity contribution in [3.8, 4) is 0 Å². The minimum atomic E-state index is -0.641. The highest BCUT2D eigenvalue weighted by molar-refractivity contribution is 7.99. The molecule has 0 fully saturated rings. The number of thioether (sulfide) groups is 1. The fraction of sp³-hybridized carbons (Fsp3) is 0.167. The highest BCUT2D eigenvalue weighted by Gasteiger charge is 2.17. The van der Waals surface area contributed by atoms with Crippen LogP contribution in [0.5, 0.6) is 0 Å². The second-order valence-electron chi connectivity index (χ2n) is 5.49. The van der Waals surface area contributed by atoms with E-state index < -0.39 is 18.5 Å². The molecule has 0 radical (unpaired) electrons. The molecule has 8 heteroatoms. The van der Waals surface area contributed by atoms with Crippen molar-refractivity contribution in [3.63, 3.8) is 0 Å². The van der Waals surface area contributed by atoms with Gasteiger partial charge in [0.25, 0.3) is 5.91 Å². The van der Waals surface area contributed by atoms with E-state index in [1.807, 2.05) is 0 Å². The molecule has 2 amide bonds. The number of esters is 1. The zero-order valence-corrected chi connectivity index (χ0v) is 15.2. The van der Waals surface area contributed by atoms with Crippen molar-refractivity contribution in [1.82, 2.24) is 0 Å². The van der Waals surface area contributed by atoms with Crippen LogP contribution >= 0.6 is 23.4 Å². The fourth-order valence-corrected chi connectivity index (χ4v) is 3.45. The molecular weight excluding hydrogens is 376 g/mol. The van der Waals surface area contributed by atoms with Crippen LogP contribution in [0.1, 0.15) is 16.8 Å². The Labute approximate surface area is 159 Å². The lowest BCUT2D eigenvalue weighted by Gasteiger charge is -2.09. The van der Waals surface area contributed by atoms with E-state index in [0.29, 0.717) is 28.6 Å². The summed E-state index contributed by atoms with van der Waals surface area (Å²) in [6, 6.07) is 11.6. The predicted molar refractivity (Wildman–Crippen MR) is 101 cm³/mol. The van der Waals surface area contributed by atoms with Gasteiger partial charge < -0.3 is 15.4 Å². The zero-order chi connectivity index (χ0) is 18.5. The predicted octanol–water partition coefficient (Wildman–Crippen LogP) is 3.57. The van der Waals surface area contributed by atoms with Crippen molar-refractivity contribution < 1.29 is 19.1 Å². The minimum absolute atomic E-state index is 0.0948. The number of anilines is 2. The molecule has 2 aromatic rings. The van der Waals surface area contributed by atoms with E-state index in [0.717, 1.165) is 4.90 Å². The topological polar surface area (TPSA) is 84.5 Å². The van der Waals surface area contributed by atoms with Gasteiger partial charge in [0.15, 0.2) is 6.61 Å². The maximum atomic E-state index is 12.2. The van der Waals surface area contributed by atoms with Gasteiger partial charge in [-0.25, -0.2) is 4.79 Å². The number of carbonyl (C=O) groups excluding carboxylic acids is 3. The Morgan fingerprint density at radius 3 is 2.88 bits per heavy atom. The molecule has 1 aliphatic rings. The number of hydrogen-bond donors (Lipinski definition) is 2. The molecule has 0 spiro atoms. The van der Waals surface area contributed by atoms with Gasteiger partial charge in [0.1, 0.15) is 0 Å². The normalized spacial score (nSPS) is 13.2. The van der Waals surface area contributed by atoms with Crippen molar-refractivity contribution in [3.05, 3.63) is 53.1 Å². The van der Waals surface area contributed by atoms with Crippen LogP contribution in [0, 0.1) is 0 Å². The van der Waals surface area contributed by atoms with E-state index in [1.165, 1.54) is 0 Å². The lowest BCUT2D eigenvalue weighted by Crippen LogP contribution is -2.21. The Balaban J connectivity index is 1.59. The zero-order valence-electron chi connectivity index (χ0n) is 13.6. The first-order chi connectivity index (χ1) is 12.5. The summed E-state index contributed by atoms with van der Waals surface area (Å²) in [5, 5.41) is 5.84. The number of rotatable bonds is 4. The van der Waals surface area contributed by atoms with Crippen molar-refractivity contribution in [2.45, 2.75) is 11.3 Å². The summed E-state index contributed by atoms with van der Waals surface area (Å²) >= 11 is 7.39. The summed E-state index contributed by atoms with van der Waals surface area (Å²) in [6.45, 7) is -0.427. The summed E-state index contributed by atoms with van der Waals surface area (Å²) in [5.74, 6) is -0.522. The maximum Gasteiger partial charge on any atom is 0.338 e. The van der Waals surface area contributed by atoms with Crippen molar-refractivity contribution in [2.24, 2.45) is 0 Å². The molecule has 1 heterocycles. The summed E-state index contributed by atoms with van der Waals surface area (Å²) in [6.07, 6.45) is 0.419. The minimum Gasteiger partial charge on any atom is -0.452 e. The molecule has 2 aromatic carbocycles. The second kappa shape index (κ2) is 8.25. The van der Waals surface area contributed by atoms with E-state index in [2.05, 4.69) is 10.6 Å². The van der Waals surface area contributed by atoms with Crippen LogP contribution in [0.15, 0.2) is 47.4 Å². The number of ether oxygens (including phenoxy) is 1. The van der Waals surface area contributed by atoms with Crippen molar-refractivity contribution in [1.29, 1.82) is 0 Å². The van der Waals surface area contributed by atoms with Crippen LogP contribution in [0.3, 0.4) is 0 Å². The molecule has 0 unspecified atom stereocenters. The van der Waals surface area contributed by atoms with Gasteiger partial charge >= 0.3 is 5.97 Å². The number of hydrogen-bond acceptors (Lipinski definition) is 5. The van der Waals surface area contributed by atoms with Crippen LogP contribution in [-0.4, -0.2) is 30.1 Å². The van der Waals surface area contributed by atoms with Gasteiger partial charge in [-0.3, -0.25) is 9.59 Å². The van der Waals surface area contributed by atoms with Gasteiger partial charge in [0, 0.05) is 27.8 Å². The van der Waals surface area contributed by atoms with E-state index in [9.17, 15) is 14.4 Å². The van der Waals surface area contributed by atoms with Gasteiger partial charge in [0.2, 0.25) is 5.91 Å². The van der Waals surface area contributed by atoms with E-state index in [1.54, 1.807) is 54.2 Å². The molecule has 1 aliphatic heterocycles. The largest absolute Gasteiger partial charge is 0.452 e. The average molecular weight is 391 g/mol. The molecular formula is C18H15ClN2O4S. The Kier molecular flexibility index (Phi) is 5.80. The van der Waals surface area contributed by atoms with E-state index in [-0.39, 0.29) is 11.5 Å². The Hall–Kier alpha value is -2.51.